The molecule has 1 unspecified atom stereocenters. The third-order valence-electron chi connectivity index (χ3n) is 3.26. The Morgan fingerprint density at radius 3 is 2.48 bits per heavy atom. The van der Waals surface area contributed by atoms with Crippen LogP contribution < -0.4 is 11.1 Å². The van der Waals surface area contributed by atoms with Gasteiger partial charge >= 0.3 is 5.97 Å². The van der Waals surface area contributed by atoms with Crippen LogP contribution in [-0.2, 0) is 14.3 Å². The van der Waals surface area contributed by atoms with Crippen LogP contribution >= 0.6 is 0 Å². The molecule has 10 heteroatoms. The molecule has 1 aliphatic rings. The number of hydrogen-bond donors (Lipinski definition) is 7. The fraction of sp³-hybridized carbons (Fsp3) is 0.818. The molecule has 1 aliphatic heterocycles. The van der Waals surface area contributed by atoms with Gasteiger partial charge in [0.05, 0.1) is 18.2 Å². The zero-order valence-corrected chi connectivity index (χ0v) is 11.3. The van der Waals surface area contributed by atoms with Gasteiger partial charge in [-0.25, -0.2) is 4.79 Å². The summed E-state index contributed by atoms with van der Waals surface area (Å²) in [6.45, 7) is 0.781. The predicted octanol–water partition coefficient (Wildman–Crippen LogP) is -3.91. The smallest absolute Gasteiger partial charge is 0.364 e. The minimum absolute atomic E-state index is 0.366. The zero-order chi connectivity index (χ0) is 16.4. The third-order valence-corrected chi connectivity index (χ3v) is 3.26. The van der Waals surface area contributed by atoms with Gasteiger partial charge in [-0.2, -0.15) is 0 Å². The van der Waals surface area contributed by atoms with Gasteiger partial charge in [0.2, 0.25) is 5.91 Å². The topological polar surface area (TPSA) is 183 Å². The molecular formula is C11H20N2O8. The van der Waals surface area contributed by atoms with Crippen molar-refractivity contribution in [3.8, 4) is 0 Å². The summed E-state index contributed by atoms with van der Waals surface area (Å²) >= 11 is 0. The SMILES string of the molecule is CC(=O)N[C@H]1C([C@H](O)[C@H](O)CN)O[C@](O)(C(=O)O)C[C@H]1O. The second-order valence-corrected chi connectivity index (χ2v) is 4.96. The van der Waals surface area contributed by atoms with Gasteiger partial charge in [0, 0.05) is 19.9 Å². The lowest BCUT2D eigenvalue weighted by Crippen LogP contribution is -2.67. The van der Waals surface area contributed by atoms with Crippen LogP contribution in [0.3, 0.4) is 0 Å². The minimum Gasteiger partial charge on any atom is -0.477 e. The molecule has 21 heavy (non-hydrogen) atoms. The van der Waals surface area contributed by atoms with Crippen LogP contribution in [0.2, 0.25) is 0 Å². The molecule has 1 saturated heterocycles. The molecule has 0 spiro atoms. The normalized spacial score (nSPS) is 35.8. The maximum Gasteiger partial charge on any atom is 0.364 e. The van der Waals surface area contributed by atoms with E-state index in [1.54, 1.807) is 0 Å². The molecule has 0 bridgehead atoms. The number of carboxylic acid groups (broad SMARTS) is 1. The van der Waals surface area contributed by atoms with E-state index in [-0.39, 0.29) is 6.54 Å². The number of amides is 1. The summed E-state index contributed by atoms with van der Waals surface area (Å²) in [5, 5.41) is 50.5. The van der Waals surface area contributed by atoms with Crippen LogP contribution in [0.5, 0.6) is 0 Å². The molecule has 0 aliphatic carbocycles. The van der Waals surface area contributed by atoms with Crippen molar-refractivity contribution in [3.63, 3.8) is 0 Å². The minimum atomic E-state index is -2.74. The fourth-order valence-corrected chi connectivity index (χ4v) is 2.17. The van der Waals surface area contributed by atoms with Crippen molar-refractivity contribution < 1.29 is 39.9 Å². The van der Waals surface area contributed by atoms with E-state index in [4.69, 9.17) is 15.6 Å². The van der Waals surface area contributed by atoms with Crippen molar-refractivity contribution in [1.29, 1.82) is 0 Å². The van der Waals surface area contributed by atoms with Crippen molar-refractivity contribution in [2.75, 3.05) is 6.54 Å². The molecule has 1 heterocycles. The lowest BCUT2D eigenvalue weighted by Gasteiger charge is -2.44. The second kappa shape index (κ2) is 6.64. The van der Waals surface area contributed by atoms with Gasteiger partial charge in [0.1, 0.15) is 12.2 Å². The summed E-state index contributed by atoms with van der Waals surface area (Å²) in [5.41, 5.74) is 5.19. The Morgan fingerprint density at radius 2 is 2.05 bits per heavy atom. The van der Waals surface area contributed by atoms with E-state index in [1.807, 2.05) is 0 Å². The molecule has 0 radical (unpaired) electrons. The van der Waals surface area contributed by atoms with Gasteiger partial charge in [-0.3, -0.25) is 4.79 Å². The van der Waals surface area contributed by atoms with E-state index in [0.29, 0.717) is 0 Å². The molecule has 1 fully saturated rings. The molecule has 0 aromatic rings. The zero-order valence-electron chi connectivity index (χ0n) is 11.3. The van der Waals surface area contributed by atoms with Gasteiger partial charge < -0.3 is 41.3 Å². The Balaban J connectivity index is 3.07. The molecule has 8 N–H and O–H groups in total. The van der Waals surface area contributed by atoms with Crippen LogP contribution in [0, 0.1) is 0 Å². The molecule has 122 valence electrons. The van der Waals surface area contributed by atoms with Gasteiger partial charge in [0.25, 0.3) is 5.79 Å². The standard InChI is InChI=1S/C11H20N2O8/c1-4(14)13-7-5(15)2-11(20,10(18)19)21-9(7)8(17)6(16)3-12/h5-9,15-17,20H,2-3,12H2,1H3,(H,13,14)(H,18,19)/t5-,6-,7-,8-,9?,11+/m1/s1. The molecule has 0 aromatic heterocycles. The number of carbonyl (C=O) groups excluding carboxylic acids is 1. The number of aliphatic hydroxyl groups excluding tert-OH is 3. The number of rotatable bonds is 5. The summed E-state index contributed by atoms with van der Waals surface area (Å²) in [6, 6.07) is -1.21. The molecule has 10 nitrogen and oxygen atoms in total. The number of aliphatic carboxylic acids is 1. The van der Waals surface area contributed by atoms with E-state index >= 15 is 0 Å². The monoisotopic (exact) mass is 308 g/mol. The highest BCUT2D eigenvalue weighted by atomic mass is 16.7. The van der Waals surface area contributed by atoms with Crippen molar-refractivity contribution >= 4 is 11.9 Å². The van der Waals surface area contributed by atoms with E-state index in [9.17, 15) is 30.0 Å². The summed E-state index contributed by atoms with van der Waals surface area (Å²) in [4.78, 5) is 22.2. The summed E-state index contributed by atoms with van der Waals surface area (Å²) in [6.07, 6.45) is -6.98. The Labute approximate surface area is 120 Å². The summed E-state index contributed by atoms with van der Waals surface area (Å²) in [7, 11) is 0. The molecule has 1 rings (SSSR count). The molecule has 0 aromatic carbocycles. The lowest BCUT2D eigenvalue weighted by molar-refractivity contribution is -0.294. The van der Waals surface area contributed by atoms with Gasteiger partial charge in [-0.1, -0.05) is 0 Å². The van der Waals surface area contributed by atoms with Crippen LogP contribution in [-0.4, -0.2) is 80.2 Å². The number of carboxylic acids is 1. The number of hydrogen-bond acceptors (Lipinski definition) is 8. The third kappa shape index (κ3) is 3.87. The highest BCUT2D eigenvalue weighted by molar-refractivity contribution is 5.76. The number of carbonyl (C=O) groups is 2. The Kier molecular flexibility index (Phi) is 5.61. The van der Waals surface area contributed by atoms with E-state index in [0.717, 1.165) is 6.92 Å². The Bertz CT molecular complexity index is 406. The molecule has 0 saturated carbocycles. The van der Waals surface area contributed by atoms with Crippen molar-refractivity contribution in [2.24, 2.45) is 5.73 Å². The fourth-order valence-electron chi connectivity index (χ4n) is 2.17. The first kappa shape index (κ1) is 17.8. The number of nitrogens with one attached hydrogen (secondary N) is 1. The van der Waals surface area contributed by atoms with Crippen LogP contribution in [0.15, 0.2) is 0 Å². The average molecular weight is 308 g/mol. The van der Waals surface area contributed by atoms with Crippen molar-refractivity contribution in [1.82, 2.24) is 5.32 Å². The highest BCUT2D eigenvalue weighted by Crippen LogP contribution is 2.30. The molecular weight excluding hydrogens is 288 g/mol. The van der Waals surface area contributed by atoms with E-state index in [2.05, 4.69) is 5.32 Å². The van der Waals surface area contributed by atoms with Crippen LogP contribution in [0.1, 0.15) is 13.3 Å². The first-order valence-electron chi connectivity index (χ1n) is 6.27. The number of ether oxygens (including phenoxy) is 1. The Hall–Kier alpha value is -1.30. The quantitative estimate of drug-likeness (QED) is 0.267. The van der Waals surface area contributed by atoms with Crippen LogP contribution in [0.25, 0.3) is 0 Å². The van der Waals surface area contributed by atoms with Crippen molar-refractivity contribution in [2.45, 2.75) is 49.6 Å². The maximum absolute atomic E-state index is 11.1. The molecule has 1 amide bonds. The second-order valence-electron chi connectivity index (χ2n) is 4.96. The Morgan fingerprint density at radius 1 is 1.48 bits per heavy atom. The number of aliphatic hydroxyl groups is 4. The first-order chi connectivity index (χ1) is 9.62. The van der Waals surface area contributed by atoms with Crippen LogP contribution in [0.4, 0.5) is 0 Å². The average Bonchev–Trinajstić information content (AvgIpc) is 2.39. The van der Waals surface area contributed by atoms with Gasteiger partial charge in [-0.05, 0) is 0 Å². The van der Waals surface area contributed by atoms with Crippen molar-refractivity contribution in [3.05, 3.63) is 0 Å². The largest absolute Gasteiger partial charge is 0.477 e. The highest BCUT2D eigenvalue weighted by Gasteiger charge is 2.53. The van der Waals surface area contributed by atoms with E-state index < -0.39 is 54.5 Å². The maximum atomic E-state index is 11.1. The van der Waals surface area contributed by atoms with Gasteiger partial charge in [0.15, 0.2) is 0 Å². The lowest BCUT2D eigenvalue weighted by atomic mass is 9.88. The molecule has 6 atom stereocenters. The number of nitrogens with two attached hydrogens (primary N) is 1. The summed E-state index contributed by atoms with van der Waals surface area (Å²) in [5.74, 6) is -5.07. The predicted molar refractivity (Wildman–Crippen MR) is 66.8 cm³/mol. The summed E-state index contributed by atoms with van der Waals surface area (Å²) < 4.78 is 4.92. The van der Waals surface area contributed by atoms with E-state index in [1.165, 1.54) is 0 Å². The van der Waals surface area contributed by atoms with Gasteiger partial charge in [-0.15, -0.1) is 0 Å². The first-order valence-corrected chi connectivity index (χ1v) is 6.27.